The Labute approximate surface area is 349 Å². The summed E-state index contributed by atoms with van der Waals surface area (Å²) in [7, 11) is 0. The van der Waals surface area contributed by atoms with E-state index in [0.29, 0.717) is 17.5 Å². The first-order valence-electron chi connectivity index (χ1n) is 20.1. The fraction of sp³-hybridized carbons (Fsp3) is 0. The largest absolute Gasteiger partial charge is 0.456 e. The number of nitrogens with zero attached hydrogens (tertiary/aromatic N) is 3. The monoisotopic (exact) mass is 783 g/mol. The number of thiophene rings is 1. The third-order valence-corrected chi connectivity index (χ3v) is 12.7. The fourth-order valence-corrected chi connectivity index (χ4v) is 9.91. The minimum absolute atomic E-state index is 0.586. The molecule has 4 nitrogen and oxygen atoms in total. The molecule has 9 aromatic carbocycles. The van der Waals surface area contributed by atoms with Crippen LogP contribution in [0.4, 0.5) is 0 Å². The van der Waals surface area contributed by atoms with Gasteiger partial charge in [-0.15, -0.1) is 11.3 Å². The molecule has 5 heteroatoms. The van der Waals surface area contributed by atoms with Crippen molar-refractivity contribution in [1.82, 2.24) is 15.0 Å². The van der Waals surface area contributed by atoms with Gasteiger partial charge in [-0.1, -0.05) is 164 Å². The molecule has 3 heterocycles. The Morgan fingerprint density at radius 1 is 0.333 bits per heavy atom. The maximum absolute atomic E-state index is 6.53. The molecule has 3 aromatic heterocycles. The number of hydrogen-bond acceptors (Lipinski definition) is 5. The van der Waals surface area contributed by atoms with E-state index in [4.69, 9.17) is 19.4 Å². The number of benzene rings is 9. The summed E-state index contributed by atoms with van der Waals surface area (Å²) in [5.41, 5.74) is 11.2. The highest BCUT2D eigenvalue weighted by Gasteiger charge is 2.21. The van der Waals surface area contributed by atoms with Gasteiger partial charge in [-0.3, -0.25) is 0 Å². The Hall–Kier alpha value is -7.73. The van der Waals surface area contributed by atoms with Crippen molar-refractivity contribution in [3.05, 3.63) is 200 Å². The summed E-state index contributed by atoms with van der Waals surface area (Å²) in [5.74, 6) is 1.80. The van der Waals surface area contributed by atoms with E-state index >= 15 is 0 Å². The summed E-state index contributed by atoms with van der Waals surface area (Å²) >= 11 is 1.86. The summed E-state index contributed by atoms with van der Waals surface area (Å²) in [4.78, 5) is 15.8. The first kappa shape index (κ1) is 34.3. The average Bonchev–Trinajstić information content (AvgIpc) is 3.91. The lowest BCUT2D eigenvalue weighted by Gasteiger charge is -2.12. The fourth-order valence-electron chi connectivity index (χ4n) is 8.67. The molecule has 0 N–H and O–H groups in total. The number of fused-ring (bicyclic) bond motifs is 7. The van der Waals surface area contributed by atoms with Gasteiger partial charge >= 0.3 is 0 Å². The maximum Gasteiger partial charge on any atom is 0.164 e. The van der Waals surface area contributed by atoms with Crippen LogP contribution in [0.15, 0.2) is 205 Å². The van der Waals surface area contributed by atoms with Crippen molar-refractivity contribution >= 4 is 64.2 Å². The van der Waals surface area contributed by atoms with Crippen molar-refractivity contribution in [3.8, 4) is 67.5 Å². The van der Waals surface area contributed by atoms with Crippen LogP contribution >= 0.6 is 11.3 Å². The van der Waals surface area contributed by atoms with E-state index in [0.717, 1.165) is 71.7 Å². The second-order valence-electron chi connectivity index (χ2n) is 15.1. The molecule has 12 rings (SSSR count). The zero-order valence-corrected chi connectivity index (χ0v) is 33.0. The molecule has 0 aliphatic rings. The van der Waals surface area contributed by atoms with Gasteiger partial charge in [-0.25, -0.2) is 15.0 Å². The lowest BCUT2D eigenvalue weighted by Crippen LogP contribution is -2.00. The summed E-state index contributed by atoms with van der Waals surface area (Å²) in [5, 5.41) is 6.91. The van der Waals surface area contributed by atoms with Crippen LogP contribution in [0, 0.1) is 0 Å². The van der Waals surface area contributed by atoms with E-state index in [1.165, 1.54) is 31.3 Å². The molecule has 12 aromatic rings. The van der Waals surface area contributed by atoms with Crippen LogP contribution in [0.5, 0.6) is 0 Å². The van der Waals surface area contributed by atoms with Crippen LogP contribution in [0.1, 0.15) is 0 Å². The summed E-state index contributed by atoms with van der Waals surface area (Å²) in [6, 6.07) is 70.4. The zero-order valence-electron chi connectivity index (χ0n) is 32.2. The third kappa shape index (κ3) is 5.78. The number of furan rings is 1. The quantitative estimate of drug-likeness (QED) is 0.169. The number of rotatable bonds is 6. The molecule has 60 heavy (non-hydrogen) atoms. The molecular weight excluding hydrogens is 751 g/mol. The average molecular weight is 784 g/mol. The van der Waals surface area contributed by atoms with Crippen molar-refractivity contribution in [3.63, 3.8) is 0 Å². The summed E-state index contributed by atoms with van der Waals surface area (Å²) < 4.78 is 9.14. The normalized spacial score (nSPS) is 11.7. The molecule has 0 radical (unpaired) electrons. The number of hydrogen-bond donors (Lipinski definition) is 0. The van der Waals surface area contributed by atoms with Gasteiger partial charge in [0, 0.05) is 47.6 Å². The molecule has 0 atom stereocenters. The van der Waals surface area contributed by atoms with Gasteiger partial charge in [-0.2, -0.15) is 0 Å². The van der Waals surface area contributed by atoms with Crippen LogP contribution in [-0.2, 0) is 0 Å². The van der Waals surface area contributed by atoms with Crippen molar-refractivity contribution in [2.45, 2.75) is 0 Å². The van der Waals surface area contributed by atoms with Gasteiger partial charge in [0.25, 0.3) is 0 Å². The Kier molecular flexibility index (Phi) is 8.00. The Morgan fingerprint density at radius 3 is 1.70 bits per heavy atom. The van der Waals surface area contributed by atoms with E-state index in [-0.39, 0.29) is 0 Å². The predicted molar refractivity (Wildman–Crippen MR) is 250 cm³/mol. The van der Waals surface area contributed by atoms with Gasteiger partial charge in [0.2, 0.25) is 0 Å². The molecular formula is C55H33N3OS. The van der Waals surface area contributed by atoms with Crippen LogP contribution < -0.4 is 0 Å². The SMILES string of the molecule is c1ccc(-c2cccc3oc4cccc(-c5nc(-c6cccc(-c7cccc(-c8cccc9c8sc8ccccc89)c7)c6)nc(-c6ccc7ccccc7c6)n5)c4c23)cc1. The Morgan fingerprint density at radius 2 is 0.883 bits per heavy atom. The third-order valence-electron chi connectivity index (χ3n) is 11.5. The van der Waals surface area contributed by atoms with Crippen LogP contribution in [0.3, 0.4) is 0 Å². The first-order chi connectivity index (χ1) is 29.7. The Balaban J connectivity index is 1.03. The lowest BCUT2D eigenvalue weighted by molar-refractivity contribution is 0.669. The van der Waals surface area contributed by atoms with Gasteiger partial charge in [0.15, 0.2) is 17.5 Å². The minimum atomic E-state index is 0.586. The second-order valence-corrected chi connectivity index (χ2v) is 16.2. The predicted octanol–water partition coefficient (Wildman–Crippen LogP) is 15.3. The maximum atomic E-state index is 6.53. The topological polar surface area (TPSA) is 51.8 Å². The molecule has 0 unspecified atom stereocenters. The van der Waals surface area contributed by atoms with Crippen LogP contribution in [-0.4, -0.2) is 15.0 Å². The van der Waals surface area contributed by atoms with Gasteiger partial charge in [-0.05, 0) is 80.6 Å². The molecule has 0 fully saturated rings. The van der Waals surface area contributed by atoms with E-state index in [9.17, 15) is 0 Å². The highest BCUT2D eigenvalue weighted by molar-refractivity contribution is 7.26. The molecule has 280 valence electrons. The standard InChI is InChI=1S/C55H33N3OS/c1-2-14-35(15-3-1)42-22-11-26-47-50(42)51-46(25-12-27-48(51)59-47)55-57-53(56-54(58-55)41-30-29-34-13-4-5-16-36(34)32-41)40-20-9-18-38(33-40)37-17-8-19-39(31-37)43-23-10-24-45-44-21-6-7-28-49(44)60-52(43)45/h1-33H. The van der Waals surface area contributed by atoms with Crippen molar-refractivity contribution < 1.29 is 4.42 Å². The first-order valence-corrected chi connectivity index (χ1v) is 20.9. The molecule has 0 spiro atoms. The lowest BCUT2D eigenvalue weighted by atomic mass is 9.96. The molecule has 0 amide bonds. The molecule has 0 saturated carbocycles. The van der Waals surface area contributed by atoms with E-state index < -0.39 is 0 Å². The molecule has 0 aliphatic carbocycles. The zero-order chi connectivity index (χ0) is 39.6. The Bertz CT molecular complexity index is 3620. The van der Waals surface area contributed by atoms with E-state index in [2.05, 4.69) is 176 Å². The molecule has 0 aliphatic heterocycles. The summed E-state index contributed by atoms with van der Waals surface area (Å²) in [6.45, 7) is 0. The van der Waals surface area contributed by atoms with Crippen LogP contribution in [0.2, 0.25) is 0 Å². The highest BCUT2D eigenvalue weighted by atomic mass is 32.1. The second kappa shape index (κ2) is 14.0. The van der Waals surface area contributed by atoms with Crippen molar-refractivity contribution in [2.75, 3.05) is 0 Å². The van der Waals surface area contributed by atoms with Gasteiger partial charge in [0.1, 0.15) is 11.2 Å². The summed E-state index contributed by atoms with van der Waals surface area (Å²) in [6.07, 6.45) is 0. The van der Waals surface area contributed by atoms with Gasteiger partial charge in [0.05, 0.1) is 0 Å². The van der Waals surface area contributed by atoms with E-state index in [1.807, 2.05) is 35.6 Å². The van der Waals surface area contributed by atoms with Gasteiger partial charge < -0.3 is 4.42 Å². The van der Waals surface area contributed by atoms with Crippen molar-refractivity contribution in [1.29, 1.82) is 0 Å². The minimum Gasteiger partial charge on any atom is -0.456 e. The number of aromatic nitrogens is 3. The van der Waals surface area contributed by atoms with Crippen LogP contribution in [0.25, 0.3) is 120 Å². The van der Waals surface area contributed by atoms with Crippen molar-refractivity contribution in [2.24, 2.45) is 0 Å². The smallest absolute Gasteiger partial charge is 0.164 e. The van der Waals surface area contributed by atoms with E-state index in [1.54, 1.807) is 0 Å². The highest BCUT2D eigenvalue weighted by Crippen LogP contribution is 2.43. The molecule has 0 bridgehead atoms. The molecule has 0 saturated heterocycles.